The van der Waals surface area contributed by atoms with Crippen LogP contribution in [-0.2, 0) is 4.74 Å². The molecule has 1 aromatic carbocycles. The Morgan fingerprint density at radius 3 is 2.35 bits per heavy atom. The second kappa shape index (κ2) is 5.75. The molecule has 0 aromatic heterocycles. The fourth-order valence-corrected chi connectivity index (χ4v) is 1.32. The molecule has 0 spiro atoms. The predicted molar refractivity (Wildman–Crippen MR) is 67.1 cm³/mol. The monoisotopic (exact) mass is 236 g/mol. The first kappa shape index (κ1) is 13.6. The largest absolute Gasteiger partial charge is 0.498 e. The summed E-state index contributed by atoms with van der Waals surface area (Å²) in [5.41, 5.74) is -0.0504. The van der Waals surface area contributed by atoms with Crippen molar-refractivity contribution in [3.8, 4) is 5.75 Å². The second-order valence-electron chi connectivity index (χ2n) is 4.28. The Morgan fingerprint density at radius 1 is 1.29 bits per heavy atom. The summed E-state index contributed by atoms with van der Waals surface area (Å²) in [4.78, 5) is 0. The van der Waals surface area contributed by atoms with Gasteiger partial charge in [-0.3, -0.25) is 0 Å². The van der Waals surface area contributed by atoms with Gasteiger partial charge in [-0.2, -0.15) is 0 Å². The fraction of sp³-hybridized carbons (Fsp3) is 0.333. The molecule has 0 radical (unpaired) electrons. The summed E-state index contributed by atoms with van der Waals surface area (Å²) in [6.45, 7) is 7.65. The molecule has 4 nitrogen and oxygen atoms in total. The molecule has 0 aliphatic rings. The summed E-state index contributed by atoms with van der Waals surface area (Å²) in [5, 5.41) is 17.9. The lowest BCUT2D eigenvalue weighted by Gasteiger charge is -2.25. The molecule has 0 atom stereocenters. The highest BCUT2D eigenvalue weighted by molar-refractivity contribution is 6.58. The van der Waals surface area contributed by atoms with E-state index < -0.39 is 12.7 Å². The van der Waals surface area contributed by atoms with Gasteiger partial charge in [0.1, 0.15) is 18.0 Å². The third kappa shape index (κ3) is 4.50. The van der Waals surface area contributed by atoms with E-state index in [2.05, 4.69) is 6.58 Å². The van der Waals surface area contributed by atoms with E-state index in [1.807, 2.05) is 13.8 Å². The number of hydrogen-bond acceptors (Lipinski definition) is 4. The van der Waals surface area contributed by atoms with Crippen molar-refractivity contribution in [3.63, 3.8) is 0 Å². The van der Waals surface area contributed by atoms with Crippen LogP contribution in [0.15, 0.2) is 37.1 Å². The smallest absolute Gasteiger partial charge is 0.488 e. The average Bonchev–Trinajstić information content (AvgIpc) is 2.26. The van der Waals surface area contributed by atoms with Crippen molar-refractivity contribution in [1.82, 2.24) is 0 Å². The highest BCUT2D eigenvalue weighted by atomic mass is 16.5. The van der Waals surface area contributed by atoms with E-state index >= 15 is 0 Å². The van der Waals surface area contributed by atoms with Gasteiger partial charge in [-0.05, 0) is 31.4 Å². The van der Waals surface area contributed by atoms with E-state index in [4.69, 9.17) is 19.5 Å². The number of ether oxygens (including phenoxy) is 2. The van der Waals surface area contributed by atoms with Crippen LogP contribution in [0, 0.1) is 0 Å². The van der Waals surface area contributed by atoms with E-state index in [0.717, 1.165) is 0 Å². The molecule has 1 rings (SSSR count). The normalized spacial score (nSPS) is 10.8. The molecule has 0 fully saturated rings. The van der Waals surface area contributed by atoms with E-state index in [-0.39, 0.29) is 0 Å². The van der Waals surface area contributed by atoms with E-state index in [1.54, 1.807) is 24.3 Å². The van der Waals surface area contributed by atoms with Crippen LogP contribution in [0.2, 0.25) is 0 Å². The van der Waals surface area contributed by atoms with Crippen LogP contribution in [0.1, 0.15) is 13.8 Å². The topological polar surface area (TPSA) is 58.9 Å². The Balaban J connectivity index is 2.65. The lowest BCUT2D eigenvalue weighted by Crippen LogP contribution is -2.34. The highest BCUT2D eigenvalue weighted by Crippen LogP contribution is 2.17. The molecule has 0 amide bonds. The maximum atomic E-state index is 8.95. The van der Waals surface area contributed by atoms with Gasteiger partial charge in [0.15, 0.2) is 0 Å². The Morgan fingerprint density at radius 2 is 1.88 bits per heavy atom. The summed E-state index contributed by atoms with van der Waals surface area (Å²) in [6, 6.07) is 6.57. The van der Waals surface area contributed by atoms with Crippen molar-refractivity contribution < 1.29 is 19.5 Å². The van der Waals surface area contributed by atoms with Crippen molar-refractivity contribution in [3.05, 3.63) is 37.1 Å². The zero-order valence-electron chi connectivity index (χ0n) is 10.1. The van der Waals surface area contributed by atoms with Gasteiger partial charge in [-0.1, -0.05) is 18.7 Å². The molecule has 0 aliphatic carbocycles. The zero-order valence-corrected chi connectivity index (χ0v) is 10.1. The first-order valence-electron chi connectivity index (χ1n) is 5.32. The molecule has 0 aliphatic heterocycles. The quantitative estimate of drug-likeness (QED) is 0.563. The minimum absolute atomic E-state index is 0.390. The Hall–Kier alpha value is -1.46. The van der Waals surface area contributed by atoms with Crippen LogP contribution in [0.5, 0.6) is 5.75 Å². The molecule has 0 bridgehead atoms. The molecule has 17 heavy (non-hydrogen) atoms. The molecule has 0 heterocycles. The van der Waals surface area contributed by atoms with Gasteiger partial charge in [0.05, 0.1) is 6.26 Å². The minimum atomic E-state index is -1.46. The fourth-order valence-electron chi connectivity index (χ4n) is 1.32. The molecule has 2 N–H and O–H groups in total. The van der Waals surface area contributed by atoms with Crippen molar-refractivity contribution in [1.29, 1.82) is 0 Å². The molecular formula is C12H17BO4. The van der Waals surface area contributed by atoms with Crippen LogP contribution >= 0.6 is 0 Å². The Kier molecular flexibility index (Phi) is 4.60. The zero-order chi connectivity index (χ0) is 12.9. The van der Waals surface area contributed by atoms with Crippen LogP contribution < -0.4 is 10.2 Å². The van der Waals surface area contributed by atoms with Gasteiger partial charge in [-0.15, -0.1) is 0 Å². The van der Waals surface area contributed by atoms with Gasteiger partial charge < -0.3 is 19.5 Å². The van der Waals surface area contributed by atoms with Crippen molar-refractivity contribution >= 4 is 12.6 Å². The van der Waals surface area contributed by atoms with Crippen LogP contribution in [-0.4, -0.2) is 29.4 Å². The molecular weight excluding hydrogens is 219 g/mol. The molecule has 1 aromatic rings. The second-order valence-corrected chi connectivity index (χ2v) is 4.28. The first-order valence-corrected chi connectivity index (χ1v) is 5.32. The Bertz CT molecular complexity index is 359. The lowest BCUT2D eigenvalue weighted by molar-refractivity contribution is 0.0336. The third-order valence-electron chi connectivity index (χ3n) is 2.12. The lowest BCUT2D eigenvalue weighted by atomic mass is 9.80. The van der Waals surface area contributed by atoms with Crippen LogP contribution in [0.3, 0.4) is 0 Å². The molecule has 0 unspecified atom stereocenters. The summed E-state index contributed by atoms with van der Waals surface area (Å²) < 4.78 is 10.8. The van der Waals surface area contributed by atoms with Gasteiger partial charge in [0.25, 0.3) is 0 Å². The average molecular weight is 236 g/mol. The standard InChI is InChI=1S/C12H17BO4/c1-4-16-9-12(2,3)17-11-7-5-10(6-8-11)13(14)15/h4-8,14-15H,1,9H2,2-3H3. The Labute approximate surface area is 102 Å². The van der Waals surface area contributed by atoms with E-state index in [9.17, 15) is 0 Å². The number of benzene rings is 1. The van der Waals surface area contributed by atoms with Gasteiger partial charge in [-0.25, -0.2) is 0 Å². The summed E-state index contributed by atoms with van der Waals surface area (Å²) in [5.74, 6) is 0.645. The first-order chi connectivity index (χ1) is 7.94. The third-order valence-corrected chi connectivity index (χ3v) is 2.12. The maximum absolute atomic E-state index is 8.95. The number of rotatable bonds is 6. The molecule has 92 valence electrons. The van der Waals surface area contributed by atoms with Crippen LogP contribution in [0.4, 0.5) is 0 Å². The van der Waals surface area contributed by atoms with E-state index in [0.29, 0.717) is 17.8 Å². The van der Waals surface area contributed by atoms with Gasteiger partial charge in [0.2, 0.25) is 0 Å². The SMILES string of the molecule is C=COCC(C)(C)Oc1ccc(B(O)O)cc1. The van der Waals surface area contributed by atoms with E-state index in [1.165, 1.54) is 6.26 Å². The predicted octanol–water partition coefficient (Wildman–Crippen LogP) is 0.684. The maximum Gasteiger partial charge on any atom is 0.488 e. The molecule has 0 saturated heterocycles. The van der Waals surface area contributed by atoms with Crippen LogP contribution in [0.25, 0.3) is 0 Å². The van der Waals surface area contributed by atoms with Crippen molar-refractivity contribution in [2.24, 2.45) is 0 Å². The molecule has 0 saturated carbocycles. The molecule has 5 heteroatoms. The number of hydrogen-bond donors (Lipinski definition) is 2. The van der Waals surface area contributed by atoms with Gasteiger partial charge in [0, 0.05) is 0 Å². The van der Waals surface area contributed by atoms with Crippen molar-refractivity contribution in [2.45, 2.75) is 19.4 Å². The van der Waals surface area contributed by atoms with Gasteiger partial charge >= 0.3 is 7.12 Å². The summed E-state index contributed by atoms with van der Waals surface area (Å²) in [6.07, 6.45) is 1.37. The minimum Gasteiger partial charge on any atom is -0.498 e. The summed E-state index contributed by atoms with van der Waals surface area (Å²) >= 11 is 0. The van der Waals surface area contributed by atoms with Crippen molar-refractivity contribution in [2.75, 3.05) is 6.61 Å². The highest BCUT2D eigenvalue weighted by Gasteiger charge is 2.20. The summed E-state index contributed by atoms with van der Waals surface area (Å²) in [7, 11) is -1.46.